The number of nitrogens with zero attached hydrogens (tertiary/aromatic N) is 2. The van der Waals surface area contributed by atoms with Gasteiger partial charge in [0, 0.05) is 29.9 Å². The number of rotatable bonds is 4. The number of urea groups is 1. The predicted molar refractivity (Wildman–Crippen MR) is 96.3 cm³/mol. The minimum Gasteiger partial charge on any atom is -0.350 e. The molecule has 1 atom stereocenters. The van der Waals surface area contributed by atoms with Gasteiger partial charge in [0.1, 0.15) is 5.69 Å². The number of hydrogen-bond acceptors (Lipinski definition) is 3. The first kappa shape index (κ1) is 19.5. The zero-order valence-electron chi connectivity index (χ0n) is 14.4. The number of halogens is 3. The van der Waals surface area contributed by atoms with E-state index < -0.39 is 29.3 Å². The molecule has 1 aromatic rings. The first-order valence-electron chi connectivity index (χ1n) is 8.58. The highest BCUT2D eigenvalue weighted by Crippen LogP contribution is 2.33. The molecule has 146 valence electrons. The van der Waals surface area contributed by atoms with Gasteiger partial charge in [-0.2, -0.15) is 5.01 Å². The van der Waals surface area contributed by atoms with Crippen LogP contribution in [0.2, 0.25) is 0 Å². The maximum absolute atomic E-state index is 14.1. The molecule has 7 nitrogen and oxygen atoms in total. The van der Waals surface area contributed by atoms with Crippen LogP contribution in [-0.2, 0) is 9.59 Å². The molecule has 1 aromatic carbocycles. The van der Waals surface area contributed by atoms with Crippen LogP contribution < -0.4 is 16.2 Å². The van der Waals surface area contributed by atoms with Crippen molar-refractivity contribution in [1.29, 1.82) is 0 Å². The second-order valence-electron chi connectivity index (χ2n) is 6.84. The number of nitrogens with one attached hydrogen (secondary N) is 1. The van der Waals surface area contributed by atoms with Crippen LogP contribution >= 0.6 is 15.9 Å². The molecule has 0 radical (unpaired) electrons. The number of carbonyl (C=O) groups excluding carboxylic acids is 3. The number of nitrogens with two attached hydrogens (primary N) is 1. The summed E-state index contributed by atoms with van der Waals surface area (Å²) in [6, 6.07) is 0.693. The third-order valence-electron chi connectivity index (χ3n) is 4.66. The molecule has 0 unspecified atom stereocenters. The number of benzene rings is 1. The van der Waals surface area contributed by atoms with E-state index >= 15 is 0 Å². The molecular formula is C17H19BrF2N4O3. The van der Waals surface area contributed by atoms with Gasteiger partial charge in [-0.1, -0.05) is 15.9 Å². The van der Waals surface area contributed by atoms with E-state index in [1.165, 1.54) is 0 Å². The van der Waals surface area contributed by atoms with Crippen molar-refractivity contribution in [2.45, 2.75) is 25.7 Å². The average molecular weight is 445 g/mol. The van der Waals surface area contributed by atoms with Gasteiger partial charge in [-0.15, -0.1) is 0 Å². The molecule has 0 aromatic heterocycles. The van der Waals surface area contributed by atoms with Gasteiger partial charge in [-0.3, -0.25) is 15.0 Å². The number of hydrogen-bond donors (Lipinski definition) is 2. The Kier molecular flexibility index (Phi) is 5.64. The second-order valence-corrected chi connectivity index (χ2v) is 7.76. The number of carbonyl (C=O) groups is 3. The summed E-state index contributed by atoms with van der Waals surface area (Å²) in [5.74, 6) is -2.56. The van der Waals surface area contributed by atoms with Crippen molar-refractivity contribution in [3.8, 4) is 0 Å². The minimum atomic E-state index is -1.22. The van der Waals surface area contributed by atoms with E-state index in [9.17, 15) is 23.2 Å². The van der Waals surface area contributed by atoms with Crippen molar-refractivity contribution in [1.82, 2.24) is 10.3 Å². The van der Waals surface area contributed by atoms with Crippen LogP contribution in [0, 0.1) is 23.5 Å². The van der Waals surface area contributed by atoms with Crippen molar-refractivity contribution in [3.63, 3.8) is 0 Å². The number of primary amides is 1. The first-order valence-corrected chi connectivity index (χ1v) is 9.38. The lowest BCUT2D eigenvalue weighted by Crippen LogP contribution is -2.50. The van der Waals surface area contributed by atoms with Crippen molar-refractivity contribution in [3.05, 3.63) is 28.2 Å². The van der Waals surface area contributed by atoms with Crippen LogP contribution in [0.15, 0.2) is 16.6 Å². The Morgan fingerprint density at radius 2 is 1.85 bits per heavy atom. The van der Waals surface area contributed by atoms with E-state index in [1.807, 2.05) is 0 Å². The van der Waals surface area contributed by atoms with Crippen molar-refractivity contribution >= 4 is 39.5 Å². The van der Waals surface area contributed by atoms with Gasteiger partial charge >= 0.3 is 6.03 Å². The monoisotopic (exact) mass is 444 g/mol. The van der Waals surface area contributed by atoms with Crippen molar-refractivity contribution in [2.75, 3.05) is 18.1 Å². The van der Waals surface area contributed by atoms with Gasteiger partial charge in [0.05, 0.1) is 0 Å². The number of anilines is 1. The van der Waals surface area contributed by atoms with E-state index in [-0.39, 0.29) is 28.6 Å². The van der Waals surface area contributed by atoms with E-state index in [0.29, 0.717) is 24.5 Å². The van der Waals surface area contributed by atoms with Gasteiger partial charge in [-0.25, -0.2) is 13.6 Å². The fraction of sp³-hybridized carbons (Fsp3) is 0.471. The lowest BCUT2D eigenvalue weighted by atomic mass is 10.1. The highest BCUT2D eigenvalue weighted by Gasteiger charge is 2.37. The molecular weight excluding hydrogens is 426 g/mol. The van der Waals surface area contributed by atoms with Gasteiger partial charge in [0.15, 0.2) is 11.6 Å². The normalized spacial score (nSPS) is 19.1. The summed E-state index contributed by atoms with van der Waals surface area (Å²) in [6.07, 6.45) is 2.50. The van der Waals surface area contributed by atoms with E-state index in [1.54, 1.807) is 4.90 Å². The molecule has 2 fully saturated rings. The van der Waals surface area contributed by atoms with Crippen LogP contribution in [0.4, 0.5) is 19.3 Å². The van der Waals surface area contributed by atoms with Crippen LogP contribution in [-0.4, -0.2) is 35.8 Å². The Labute approximate surface area is 162 Å². The summed E-state index contributed by atoms with van der Waals surface area (Å²) < 4.78 is 28.3. The molecule has 27 heavy (non-hydrogen) atoms. The van der Waals surface area contributed by atoms with E-state index in [0.717, 1.165) is 25.0 Å². The van der Waals surface area contributed by atoms with Gasteiger partial charge in [0.25, 0.3) is 0 Å². The molecule has 10 heteroatoms. The third kappa shape index (κ3) is 4.55. The maximum Gasteiger partial charge on any atom is 0.338 e. The van der Waals surface area contributed by atoms with E-state index in [4.69, 9.17) is 5.73 Å². The fourth-order valence-corrected chi connectivity index (χ4v) is 3.59. The molecule has 3 N–H and O–H groups in total. The highest BCUT2D eigenvalue weighted by atomic mass is 79.9. The fourth-order valence-electron chi connectivity index (χ4n) is 3.19. The molecule has 4 amide bonds. The molecule has 1 saturated heterocycles. The molecule has 1 heterocycles. The zero-order chi connectivity index (χ0) is 19.7. The summed E-state index contributed by atoms with van der Waals surface area (Å²) in [5.41, 5.74) is 6.58. The molecule has 1 aliphatic heterocycles. The summed E-state index contributed by atoms with van der Waals surface area (Å²) >= 11 is 2.94. The number of likely N-dealkylation sites (tertiary alicyclic amines) is 1. The largest absolute Gasteiger partial charge is 0.350 e. The quantitative estimate of drug-likeness (QED) is 0.697. The first-order chi connectivity index (χ1) is 12.8. The summed E-state index contributed by atoms with van der Waals surface area (Å²) in [7, 11) is 0. The molecule has 0 bridgehead atoms. The number of amides is 4. The molecule has 0 spiro atoms. The summed E-state index contributed by atoms with van der Waals surface area (Å²) in [6.45, 7) is 1.04. The van der Waals surface area contributed by atoms with Gasteiger partial charge < -0.3 is 10.6 Å². The average Bonchev–Trinajstić information content (AvgIpc) is 3.32. The van der Waals surface area contributed by atoms with Crippen molar-refractivity contribution < 1.29 is 23.2 Å². The standard InChI is InChI=1S/C17H19BrF2N4O3/c18-11-6-12(19)15(13(20)7-11)24(17(21)27)22-14(25)5-9-3-4-23(8-9)16(26)10-1-2-10/h6-7,9-10H,1-5,8H2,(H2,21,27)(H,22,25)/t9-/m0/s1. The molecule has 3 rings (SSSR count). The number of hydrazine groups is 1. The summed E-state index contributed by atoms with van der Waals surface area (Å²) in [5, 5.41) is 0.363. The lowest BCUT2D eigenvalue weighted by molar-refractivity contribution is -0.132. The Balaban J connectivity index is 1.63. The van der Waals surface area contributed by atoms with E-state index in [2.05, 4.69) is 21.4 Å². The Morgan fingerprint density at radius 1 is 1.22 bits per heavy atom. The van der Waals surface area contributed by atoms with Crippen LogP contribution in [0.3, 0.4) is 0 Å². The van der Waals surface area contributed by atoms with Crippen LogP contribution in [0.1, 0.15) is 25.7 Å². The third-order valence-corrected chi connectivity index (χ3v) is 5.12. The summed E-state index contributed by atoms with van der Waals surface area (Å²) in [4.78, 5) is 37.7. The highest BCUT2D eigenvalue weighted by molar-refractivity contribution is 9.10. The van der Waals surface area contributed by atoms with Crippen molar-refractivity contribution in [2.24, 2.45) is 17.6 Å². The Bertz CT molecular complexity index is 764. The molecule has 2 aliphatic rings. The molecule has 1 saturated carbocycles. The van der Waals surface area contributed by atoms with Gasteiger partial charge in [-0.05, 0) is 37.3 Å². The lowest BCUT2D eigenvalue weighted by Gasteiger charge is -2.23. The SMILES string of the molecule is NC(=O)N(NC(=O)C[C@@H]1CCN(C(=O)C2CC2)C1)c1c(F)cc(Br)cc1F. The second kappa shape index (κ2) is 7.79. The van der Waals surface area contributed by atoms with Crippen LogP contribution in [0.5, 0.6) is 0 Å². The smallest absolute Gasteiger partial charge is 0.338 e. The molecule has 1 aliphatic carbocycles. The predicted octanol–water partition coefficient (Wildman–Crippen LogP) is 2.29. The topological polar surface area (TPSA) is 95.7 Å². The minimum absolute atomic E-state index is 0.0119. The Morgan fingerprint density at radius 3 is 2.41 bits per heavy atom. The van der Waals surface area contributed by atoms with Gasteiger partial charge in [0.2, 0.25) is 11.8 Å². The van der Waals surface area contributed by atoms with Crippen LogP contribution in [0.25, 0.3) is 0 Å². The Hall–Kier alpha value is -2.23. The maximum atomic E-state index is 14.1. The zero-order valence-corrected chi connectivity index (χ0v) is 16.0.